The van der Waals surface area contributed by atoms with E-state index in [-0.39, 0.29) is 23.5 Å². The molecule has 0 fully saturated rings. The van der Waals surface area contributed by atoms with E-state index in [1.54, 1.807) is 50.3 Å². The fraction of sp³-hybridized carbons (Fsp3) is 0.240. The van der Waals surface area contributed by atoms with Crippen LogP contribution in [0.15, 0.2) is 60.3 Å². The lowest BCUT2D eigenvalue weighted by molar-refractivity contribution is -0.139. The zero-order valence-corrected chi connectivity index (χ0v) is 23.8. The van der Waals surface area contributed by atoms with Crippen molar-refractivity contribution in [1.29, 1.82) is 0 Å². The van der Waals surface area contributed by atoms with Crippen LogP contribution in [0.3, 0.4) is 0 Å². The van der Waals surface area contributed by atoms with Crippen molar-refractivity contribution >= 4 is 55.2 Å². The number of hydrogen-bond donors (Lipinski definition) is 1. The number of methoxy groups -OCH3 is 2. The van der Waals surface area contributed by atoms with Crippen LogP contribution >= 0.6 is 43.2 Å². The summed E-state index contributed by atoms with van der Waals surface area (Å²) in [4.78, 5) is 31.9. The second kappa shape index (κ2) is 10.6. The van der Waals surface area contributed by atoms with Gasteiger partial charge in [0.05, 0.1) is 47.1 Å². The molecule has 2 heterocycles. The number of hydrogen-bond acceptors (Lipinski definition) is 8. The number of phenols is 1. The Labute approximate surface area is 227 Å². The number of esters is 1. The predicted molar refractivity (Wildman–Crippen MR) is 143 cm³/mol. The van der Waals surface area contributed by atoms with Crippen molar-refractivity contribution in [3.63, 3.8) is 0 Å². The molecule has 0 spiro atoms. The van der Waals surface area contributed by atoms with Crippen LogP contribution in [-0.4, -0.2) is 36.5 Å². The molecule has 11 heteroatoms. The third-order valence-corrected chi connectivity index (χ3v) is 7.89. The largest absolute Gasteiger partial charge is 0.507 e. The van der Waals surface area contributed by atoms with E-state index in [1.807, 2.05) is 0 Å². The normalized spacial score (nSPS) is 15.4. The quantitative estimate of drug-likeness (QED) is 0.410. The molecular formula is C25H22Br2N2O6S. The molecule has 8 nitrogen and oxygen atoms in total. The van der Waals surface area contributed by atoms with Crippen molar-refractivity contribution in [2.45, 2.75) is 19.9 Å². The zero-order chi connectivity index (χ0) is 26.1. The van der Waals surface area contributed by atoms with E-state index in [1.165, 1.54) is 30.1 Å². The van der Waals surface area contributed by atoms with E-state index in [0.29, 0.717) is 41.0 Å². The Morgan fingerprint density at radius 2 is 1.86 bits per heavy atom. The van der Waals surface area contributed by atoms with Crippen LogP contribution < -0.4 is 24.4 Å². The Balaban J connectivity index is 2.01. The van der Waals surface area contributed by atoms with Crippen molar-refractivity contribution in [2.24, 2.45) is 4.99 Å². The number of carbonyl (C=O) groups is 1. The molecule has 0 aliphatic carbocycles. The van der Waals surface area contributed by atoms with Gasteiger partial charge in [0.1, 0.15) is 5.75 Å². The highest BCUT2D eigenvalue weighted by atomic mass is 79.9. The number of carbonyl (C=O) groups excluding carboxylic acids is 1. The van der Waals surface area contributed by atoms with Gasteiger partial charge in [0.25, 0.3) is 5.56 Å². The highest BCUT2D eigenvalue weighted by Gasteiger charge is 2.35. The molecule has 1 atom stereocenters. The number of benzene rings is 2. The predicted octanol–water partition coefficient (Wildman–Crippen LogP) is 4.05. The number of thiazole rings is 1. The second-order valence-corrected chi connectivity index (χ2v) is 10.5. The molecule has 188 valence electrons. The first-order valence-corrected chi connectivity index (χ1v) is 13.2. The maximum atomic E-state index is 13.8. The Morgan fingerprint density at radius 3 is 2.50 bits per heavy atom. The van der Waals surface area contributed by atoms with Crippen LogP contribution in [0.2, 0.25) is 0 Å². The van der Waals surface area contributed by atoms with Crippen LogP contribution in [0.5, 0.6) is 17.2 Å². The number of allylic oxidation sites excluding steroid dienone is 1. The highest BCUT2D eigenvalue weighted by molar-refractivity contribution is 9.10. The van der Waals surface area contributed by atoms with Gasteiger partial charge >= 0.3 is 5.97 Å². The summed E-state index contributed by atoms with van der Waals surface area (Å²) in [7, 11) is 3.05. The number of phenolic OH excluding ortho intramolecular Hbond substituents is 1. The number of halogens is 2. The molecule has 0 unspecified atom stereocenters. The van der Waals surface area contributed by atoms with Gasteiger partial charge in [-0.2, -0.15) is 0 Å². The summed E-state index contributed by atoms with van der Waals surface area (Å²) < 4.78 is 19.3. The molecule has 0 amide bonds. The second-order valence-electron chi connectivity index (χ2n) is 7.74. The Morgan fingerprint density at radius 1 is 1.17 bits per heavy atom. The van der Waals surface area contributed by atoms with Crippen LogP contribution in [0.1, 0.15) is 31.0 Å². The molecular weight excluding hydrogens is 616 g/mol. The van der Waals surface area contributed by atoms with Gasteiger partial charge in [0.2, 0.25) is 0 Å². The van der Waals surface area contributed by atoms with Gasteiger partial charge < -0.3 is 19.3 Å². The summed E-state index contributed by atoms with van der Waals surface area (Å²) >= 11 is 8.10. The highest BCUT2D eigenvalue weighted by Crippen LogP contribution is 2.40. The molecule has 4 rings (SSSR count). The van der Waals surface area contributed by atoms with Gasteiger partial charge in [-0.3, -0.25) is 9.36 Å². The summed E-state index contributed by atoms with van der Waals surface area (Å²) in [6, 6.07) is 7.61. The van der Waals surface area contributed by atoms with E-state index in [0.717, 1.165) is 5.56 Å². The number of fused-ring (bicyclic) bond motifs is 1. The Bertz CT molecular complexity index is 1570. The van der Waals surface area contributed by atoms with Crippen molar-refractivity contribution in [1.82, 2.24) is 4.57 Å². The Kier molecular flexibility index (Phi) is 7.72. The topological polar surface area (TPSA) is 99.4 Å². The van der Waals surface area contributed by atoms with E-state index < -0.39 is 12.0 Å². The lowest BCUT2D eigenvalue weighted by Gasteiger charge is -2.26. The minimum Gasteiger partial charge on any atom is -0.507 e. The van der Waals surface area contributed by atoms with E-state index >= 15 is 0 Å². The van der Waals surface area contributed by atoms with Crippen LogP contribution in [0, 0.1) is 0 Å². The molecule has 2 aromatic carbocycles. The molecule has 1 aliphatic rings. The maximum Gasteiger partial charge on any atom is 0.338 e. The molecule has 3 aromatic rings. The summed E-state index contributed by atoms with van der Waals surface area (Å²) in [5.41, 5.74) is 1.74. The molecule has 0 radical (unpaired) electrons. The van der Waals surface area contributed by atoms with Crippen molar-refractivity contribution in [3.8, 4) is 17.2 Å². The smallest absolute Gasteiger partial charge is 0.338 e. The average Bonchev–Trinajstić information content (AvgIpc) is 3.14. The third-order valence-electron chi connectivity index (χ3n) is 5.58. The van der Waals surface area contributed by atoms with Gasteiger partial charge in [0.15, 0.2) is 16.3 Å². The van der Waals surface area contributed by atoms with Crippen molar-refractivity contribution in [2.75, 3.05) is 20.8 Å². The molecule has 1 aromatic heterocycles. The van der Waals surface area contributed by atoms with Crippen LogP contribution in [0.25, 0.3) is 6.08 Å². The van der Waals surface area contributed by atoms with Crippen molar-refractivity contribution < 1.29 is 24.1 Å². The SMILES string of the molecule is CCOC(=O)C1=C(C)N=c2s/c(=C\c3ccc(O)c(Br)c3)c(=O)n2[C@@H]1c1cc(OC)c(OC)cc1Br. The van der Waals surface area contributed by atoms with Gasteiger partial charge in [-0.05, 0) is 71.2 Å². The van der Waals surface area contributed by atoms with Crippen molar-refractivity contribution in [3.05, 3.63) is 81.4 Å². The van der Waals surface area contributed by atoms with E-state index in [2.05, 4.69) is 36.9 Å². The van der Waals surface area contributed by atoms with Gasteiger partial charge in [-0.25, -0.2) is 9.79 Å². The summed E-state index contributed by atoms with van der Waals surface area (Å²) in [6.07, 6.45) is 1.72. The number of aromatic hydroxyl groups is 1. The minimum absolute atomic E-state index is 0.0987. The van der Waals surface area contributed by atoms with E-state index in [9.17, 15) is 14.7 Å². The molecule has 0 saturated heterocycles. The number of ether oxygens (including phenoxy) is 3. The van der Waals surface area contributed by atoms with Crippen LogP contribution in [0.4, 0.5) is 0 Å². The molecule has 36 heavy (non-hydrogen) atoms. The van der Waals surface area contributed by atoms with Gasteiger partial charge in [0, 0.05) is 4.47 Å². The van der Waals surface area contributed by atoms with Gasteiger partial charge in [-0.1, -0.05) is 33.3 Å². The Hall–Kier alpha value is -2.89. The standard InChI is InChI=1S/C25H22Br2N2O6S/c1-5-35-24(32)21-12(2)28-25-29(22(21)14-10-18(33-3)19(34-4)11-15(14)26)23(31)20(36-25)9-13-6-7-17(30)16(27)8-13/h6-11,22,30H,5H2,1-4H3/b20-9-/t22-/m1/s1. The number of rotatable bonds is 6. The fourth-order valence-corrected chi connectivity index (χ4v) is 5.91. The minimum atomic E-state index is -0.816. The van der Waals surface area contributed by atoms with Gasteiger partial charge in [-0.15, -0.1) is 0 Å². The molecule has 0 saturated carbocycles. The third kappa shape index (κ3) is 4.74. The fourth-order valence-electron chi connectivity index (χ4n) is 3.93. The monoisotopic (exact) mass is 636 g/mol. The lowest BCUT2D eigenvalue weighted by Crippen LogP contribution is -2.40. The van der Waals surface area contributed by atoms with Crippen LogP contribution in [-0.2, 0) is 9.53 Å². The molecule has 0 bridgehead atoms. The summed E-state index contributed by atoms with van der Waals surface area (Å²) in [5, 5.41) is 9.81. The molecule has 1 aliphatic heterocycles. The zero-order valence-electron chi connectivity index (χ0n) is 19.8. The maximum absolute atomic E-state index is 13.8. The molecule has 1 N–H and O–H groups in total. The average molecular weight is 638 g/mol. The number of nitrogens with zero attached hydrogens (tertiary/aromatic N) is 2. The first-order valence-electron chi connectivity index (χ1n) is 10.8. The van der Waals surface area contributed by atoms with E-state index in [4.69, 9.17) is 14.2 Å². The number of aromatic nitrogens is 1. The summed E-state index contributed by atoms with van der Waals surface area (Å²) in [6.45, 7) is 3.62. The first-order chi connectivity index (χ1) is 17.2. The lowest BCUT2D eigenvalue weighted by atomic mass is 9.95. The first kappa shape index (κ1) is 26.2. The summed E-state index contributed by atoms with van der Waals surface area (Å²) in [5.74, 6) is 0.491.